The summed E-state index contributed by atoms with van der Waals surface area (Å²) in [6, 6.07) is 13.2. The van der Waals surface area contributed by atoms with Gasteiger partial charge in [-0.05, 0) is 37.5 Å². The second-order valence-corrected chi connectivity index (χ2v) is 11.8. The van der Waals surface area contributed by atoms with E-state index in [0.29, 0.717) is 6.61 Å². The van der Waals surface area contributed by atoms with Crippen LogP contribution in [0, 0.1) is 11.8 Å². The van der Waals surface area contributed by atoms with Gasteiger partial charge >= 0.3 is 5.97 Å². The molecule has 0 spiro atoms. The van der Waals surface area contributed by atoms with Crippen molar-refractivity contribution in [2.75, 3.05) is 6.61 Å². The minimum absolute atomic E-state index is 0.215. The number of aliphatic hydroxyl groups is 1. The molecule has 0 unspecified atom stereocenters. The molecule has 1 rings (SSSR count). The van der Waals surface area contributed by atoms with E-state index in [1.807, 2.05) is 37.3 Å². The van der Waals surface area contributed by atoms with Crippen LogP contribution in [0.3, 0.4) is 0 Å². The Kier molecular flexibility index (Phi) is 9.54. The van der Waals surface area contributed by atoms with Crippen LogP contribution >= 0.6 is 0 Å². The highest BCUT2D eigenvalue weighted by atomic mass is 28.4. The fraction of sp³-hybridized carbons (Fsp3) is 0.667. The molecule has 1 aromatic rings. The maximum Gasteiger partial charge on any atom is 0.311 e. The molecule has 0 radical (unpaired) electrons. The summed E-state index contributed by atoms with van der Waals surface area (Å²) in [4.78, 5) is 12.1. The molecule has 4 atom stereocenters. The number of hydrogen-bond donors (Lipinski definition) is 1. The highest BCUT2D eigenvalue weighted by molar-refractivity contribution is 6.73. The maximum absolute atomic E-state index is 12.1. The SMILES string of the molecule is CCOC(=O)[C@H](C)[C@@H](O)[C@H](C)[C@H](O[Si](CC)(CC)CC)c1ccccc1. The van der Waals surface area contributed by atoms with Crippen LogP contribution in [0.1, 0.15) is 53.2 Å². The van der Waals surface area contributed by atoms with Crippen LogP contribution in [0.4, 0.5) is 0 Å². The normalized spacial score (nSPS) is 16.6. The van der Waals surface area contributed by atoms with Crippen LogP contribution < -0.4 is 0 Å². The summed E-state index contributed by atoms with van der Waals surface area (Å²) in [5.41, 5.74) is 1.06. The number of rotatable bonds is 11. The van der Waals surface area contributed by atoms with E-state index < -0.39 is 20.3 Å². The van der Waals surface area contributed by atoms with Gasteiger partial charge in [0.05, 0.1) is 24.7 Å². The van der Waals surface area contributed by atoms with E-state index in [2.05, 4.69) is 20.8 Å². The van der Waals surface area contributed by atoms with Gasteiger partial charge in [-0.2, -0.15) is 0 Å². The van der Waals surface area contributed by atoms with Crippen molar-refractivity contribution < 1.29 is 19.1 Å². The van der Waals surface area contributed by atoms with Crippen LogP contribution in [0.15, 0.2) is 30.3 Å². The number of carbonyl (C=O) groups excluding carboxylic acids is 1. The van der Waals surface area contributed by atoms with E-state index in [1.54, 1.807) is 13.8 Å². The highest BCUT2D eigenvalue weighted by Crippen LogP contribution is 2.37. The van der Waals surface area contributed by atoms with Gasteiger partial charge < -0.3 is 14.3 Å². The average molecular weight is 381 g/mol. The lowest BCUT2D eigenvalue weighted by atomic mass is 9.86. The van der Waals surface area contributed by atoms with E-state index in [9.17, 15) is 9.90 Å². The third-order valence-corrected chi connectivity index (χ3v) is 10.2. The second kappa shape index (κ2) is 10.9. The number of ether oxygens (including phenoxy) is 1. The summed E-state index contributed by atoms with van der Waals surface area (Å²) < 4.78 is 11.9. The number of hydrogen-bond acceptors (Lipinski definition) is 4. The summed E-state index contributed by atoms with van der Waals surface area (Å²) in [6.45, 7) is 12.4. The van der Waals surface area contributed by atoms with Crippen molar-refractivity contribution in [3.8, 4) is 0 Å². The van der Waals surface area contributed by atoms with Gasteiger partial charge in [0.25, 0.3) is 0 Å². The lowest BCUT2D eigenvalue weighted by Gasteiger charge is -2.38. The molecule has 5 heteroatoms. The molecule has 1 N–H and O–H groups in total. The first-order valence-electron chi connectivity index (χ1n) is 9.93. The zero-order chi connectivity index (χ0) is 19.7. The van der Waals surface area contributed by atoms with Gasteiger partial charge in [0.2, 0.25) is 0 Å². The monoisotopic (exact) mass is 380 g/mol. The van der Waals surface area contributed by atoms with Crippen LogP contribution in [0.2, 0.25) is 18.1 Å². The molecule has 0 aliphatic heterocycles. The van der Waals surface area contributed by atoms with Gasteiger partial charge in [0.15, 0.2) is 8.32 Å². The van der Waals surface area contributed by atoms with E-state index in [0.717, 1.165) is 23.7 Å². The van der Waals surface area contributed by atoms with Crippen molar-refractivity contribution in [1.82, 2.24) is 0 Å². The first-order valence-corrected chi connectivity index (χ1v) is 12.5. The minimum atomic E-state index is -1.88. The van der Waals surface area contributed by atoms with Crippen molar-refractivity contribution >= 4 is 14.3 Å². The molecule has 0 fully saturated rings. The third-order valence-electron chi connectivity index (χ3n) is 5.62. The largest absolute Gasteiger partial charge is 0.466 e. The molecular weight excluding hydrogens is 344 g/mol. The van der Waals surface area contributed by atoms with Crippen molar-refractivity contribution in [2.24, 2.45) is 11.8 Å². The molecule has 0 saturated heterocycles. The molecule has 0 aliphatic rings. The van der Waals surface area contributed by atoms with E-state index in [4.69, 9.17) is 9.16 Å². The first kappa shape index (κ1) is 22.9. The van der Waals surface area contributed by atoms with Crippen LogP contribution in [0.5, 0.6) is 0 Å². The molecule has 4 nitrogen and oxygen atoms in total. The summed E-state index contributed by atoms with van der Waals surface area (Å²) >= 11 is 0. The molecule has 0 amide bonds. The Bertz CT molecular complexity index is 522. The molecule has 1 aromatic carbocycles. The van der Waals surface area contributed by atoms with Crippen molar-refractivity contribution in [3.05, 3.63) is 35.9 Å². The predicted molar refractivity (Wildman–Crippen MR) is 108 cm³/mol. The van der Waals surface area contributed by atoms with Crippen LogP contribution in [-0.4, -0.2) is 32.1 Å². The zero-order valence-electron chi connectivity index (χ0n) is 17.2. The van der Waals surface area contributed by atoms with E-state index in [1.165, 1.54) is 0 Å². The smallest absolute Gasteiger partial charge is 0.311 e. The number of esters is 1. The van der Waals surface area contributed by atoms with Crippen LogP contribution in [-0.2, 0) is 14.0 Å². The summed E-state index contributed by atoms with van der Waals surface area (Å²) in [6.07, 6.45) is -1.05. The first-order chi connectivity index (χ1) is 12.4. The fourth-order valence-electron chi connectivity index (χ4n) is 3.44. The van der Waals surface area contributed by atoms with Crippen molar-refractivity contribution in [3.63, 3.8) is 0 Å². The molecule has 26 heavy (non-hydrogen) atoms. The summed E-state index contributed by atoms with van der Waals surface area (Å²) in [5, 5.41) is 10.9. The quantitative estimate of drug-likeness (QED) is 0.436. The lowest BCUT2D eigenvalue weighted by molar-refractivity contribution is -0.153. The Balaban J connectivity index is 3.13. The highest BCUT2D eigenvalue weighted by Gasteiger charge is 2.39. The van der Waals surface area contributed by atoms with Gasteiger partial charge in [-0.15, -0.1) is 0 Å². The Labute approximate surface area is 160 Å². The van der Waals surface area contributed by atoms with Gasteiger partial charge in [-0.1, -0.05) is 58.0 Å². The fourth-order valence-corrected chi connectivity index (χ4v) is 6.33. The Morgan fingerprint density at radius 3 is 2.04 bits per heavy atom. The predicted octanol–water partition coefficient (Wildman–Crippen LogP) is 4.95. The molecule has 0 aromatic heterocycles. The molecule has 0 aliphatic carbocycles. The minimum Gasteiger partial charge on any atom is -0.466 e. The van der Waals surface area contributed by atoms with E-state index >= 15 is 0 Å². The summed E-state index contributed by atoms with van der Waals surface area (Å²) in [5.74, 6) is -1.15. The number of benzene rings is 1. The lowest BCUT2D eigenvalue weighted by Crippen LogP contribution is -2.42. The Morgan fingerprint density at radius 1 is 1.04 bits per heavy atom. The Morgan fingerprint density at radius 2 is 1.58 bits per heavy atom. The topological polar surface area (TPSA) is 55.8 Å². The van der Waals surface area contributed by atoms with Crippen LogP contribution in [0.25, 0.3) is 0 Å². The van der Waals surface area contributed by atoms with Gasteiger partial charge in [0, 0.05) is 5.92 Å². The van der Waals surface area contributed by atoms with E-state index in [-0.39, 0.29) is 18.0 Å². The van der Waals surface area contributed by atoms with Gasteiger partial charge in [0.1, 0.15) is 0 Å². The molecule has 0 saturated carbocycles. The van der Waals surface area contributed by atoms with Crippen molar-refractivity contribution in [2.45, 2.75) is 71.9 Å². The molecule has 0 bridgehead atoms. The van der Waals surface area contributed by atoms with Crippen molar-refractivity contribution in [1.29, 1.82) is 0 Å². The zero-order valence-corrected chi connectivity index (χ0v) is 18.2. The average Bonchev–Trinajstić information content (AvgIpc) is 2.68. The maximum atomic E-state index is 12.1. The number of aliphatic hydroxyl groups excluding tert-OH is 1. The Hall–Kier alpha value is -1.17. The molecule has 148 valence electrons. The summed E-state index contributed by atoms with van der Waals surface area (Å²) in [7, 11) is -1.88. The second-order valence-electron chi connectivity index (χ2n) is 7.08. The van der Waals surface area contributed by atoms with Gasteiger partial charge in [-0.3, -0.25) is 4.79 Å². The van der Waals surface area contributed by atoms with Gasteiger partial charge in [-0.25, -0.2) is 0 Å². The molecule has 0 heterocycles. The number of carbonyl (C=O) groups is 1. The third kappa shape index (κ3) is 5.66. The standard InChI is InChI=1S/C21H36O4Si/c1-7-24-21(23)17(6)19(22)16(5)20(18-14-12-11-13-15-18)25-26(8-2,9-3)10-4/h11-17,19-20,22H,7-10H2,1-6H3/t16-,17+,19-,20-/m0/s1. The molecular formula is C21H36O4Si.